The summed E-state index contributed by atoms with van der Waals surface area (Å²) in [7, 11) is 0. The van der Waals surface area contributed by atoms with Crippen molar-refractivity contribution in [1.82, 2.24) is 15.6 Å². The van der Waals surface area contributed by atoms with Crippen LogP contribution in [-0.4, -0.2) is 22.3 Å². The van der Waals surface area contributed by atoms with Crippen molar-refractivity contribution in [2.45, 2.75) is 6.61 Å². The van der Waals surface area contributed by atoms with Gasteiger partial charge in [0.25, 0.3) is 5.91 Å². The molecule has 0 saturated carbocycles. The molecule has 0 aliphatic carbocycles. The van der Waals surface area contributed by atoms with Crippen molar-refractivity contribution in [3.8, 4) is 17.0 Å². The Hall–Kier alpha value is -3.97. The summed E-state index contributed by atoms with van der Waals surface area (Å²) in [5, 5.41) is 11.5. The number of amides is 1. The van der Waals surface area contributed by atoms with Gasteiger partial charge in [-0.2, -0.15) is 10.2 Å². The number of hydrazone groups is 1. The van der Waals surface area contributed by atoms with Crippen LogP contribution in [0.4, 0.5) is 4.39 Å². The van der Waals surface area contributed by atoms with E-state index in [1.165, 1.54) is 18.3 Å². The number of hydrogen-bond acceptors (Lipinski definition) is 4. The van der Waals surface area contributed by atoms with Gasteiger partial charge in [0.2, 0.25) is 0 Å². The number of halogens is 2. The quantitative estimate of drug-likeness (QED) is 0.301. The van der Waals surface area contributed by atoms with Crippen molar-refractivity contribution in [3.05, 3.63) is 107 Å². The molecular formula is C24H18ClFN4O2. The molecule has 32 heavy (non-hydrogen) atoms. The smallest absolute Gasteiger partial charge is 0.289 e. The van der Waals surface area contributed by atoms with Gasteiger partial charge in [-0.15, -0.1) is 0 Å². The van der Waals surface area contributed by atoms with E-state index in [0.29, 0.717) is 28.6 Å². The van der Waals surface area contributed by atoms with Gasteiger partial charge in [0, 0.05) is 16.1 Å². The number of benzene rings is 3. The second-order valence-corrected chi connectivity index (χ2v) is 7.20. The number of rotatable bonds is 7. The lowest BCUT2D eigenvalue weighted by Gasteiger charge is -2.11. The average Bonchev–Trinajstić information content (AvgIpc) is 3.30. The van der Waals surface area contributed by atoms with E-state index >= 15 is 0 Å². The van der Waals surface area contributed by atoms with Gasteiger partial charge in [0.1, 0.15) is 23.9 Å². The van der Waals surface area contributed by atoms with E-state index in [1.807, 2.05) is 48.5 Å². The van der Waals surface area contributed by atoms with Gasteiger partial charge < -0.3 is 4.74 Å². The third-order valence-corrected chi connectivity index (χ3v) is 4.94. The minimum absolute atomic E-state index is 0.233. The summed E-state index contributed by atoms with van der Waals surface area (Å²) in [6.45, 7) is 0.298. The van der Waals surface area contributed by atoms with Crippen LogP contribution in [-0.2, 0) is 6.61 Å². The Morgan fingerprint density at radius 2 is 1.84 bits per heavy atom. The summed E-state index contributed by atoms with van der Waals surface area (Å²) in [4.78, 5) is 12.4. The second-order valence-electron chi connectivity index (χ2n) is 6.79. The zero-order valence-electron chi connectivity index (χ0n) is 16.8. The normalized spacial score (nSPS) is 10.9. The number of nitrogens with zero attached hydrogens (tertiary/aromatic N) is 2. The molecule has 1 heterocycles. The van der Waals surface area contributed by atoms with Crippen LogP contribution in [0.3, 0.4) is 0 Å². The molecule has 0 bridgehead atoms. The van der Waals surface area contributed by atoms with Crippen molar-refractivity contribution in [1.29, 1.82) is 0 Å². The third kappa shape index (κ3) is 5.19. The molecule has 0 saturated heterocycles. The largest absolute Gasteiger partial charge is 0.488 e. The van der Waals surface area contributed by atoms with Crippen LogP contribution in [0, 0.1) is 5.82 Å². The molecule has 0 fully saturated rings. The number of hydrogen-bond donors (Lipinski definition) is 2. The van der Waals surface area contributed by atoms with Crippen LogP contribution in [0.5, 0.6) is 5.75 Å². The van der Waals surface area contributed by atoms with Crippen LogP contribution in [0.25, 0.3) is 11.3 Å². The molecule has 0 aliphatic heterocycles. The zero-order chi connectivity index (χ0) is 22.3. The lowest BCUT2D eigenvalue weighted by Crippen LogP contribution is -2.17. The number of nitrogens with one attached hydrogen (secondary N) is 2. The fraction of sp³-hybridized carbons (Fsp3) is 0.0417. The van der Waals surface area contributed by atoms with E-state index in [1.54, 1.807) is 18.2 Å². The highest BCUT2D eigenvalue weighted by atomic mass is 35.5. The summed E-state index contributed by atoms with van der Waals surface area (Å²) in [5.74, 6) is -0.191. The maximum Gasteiger partial charge on any atom is 0.289 e. The summed E-state index contributed by atoms with van der Waals surface area (Å²) < 4.78 is 18.9. The van der Waals surface area contributed by atoms with Crippen LogP contribution >= 0.6 is 11.6 Å². The van der Waals surface area contributed by atoms with Crippen molar-refractivity contribution in [2.24, 2.45) is 5.10 Å². The van der Waals surface area contributed by atoms with E-state index in [0.717, 1.165) is 11.1 Å². The first-order valence-electron chi connectivity index (χ1n) is 9.70. The fourth-order valence-corrected chi connectivity index (χ4v) is 3.12. The van der Waals surface area contributed by atoms with E-state index in [2.05, 4.69) is 20.7 Å². The molecule has 8 heteroatoms. The molecule has 4 rings (SSSR count). The first kappa shape index (κ1) is 21.3. The van der Waals surface area contributed by atoms with E-state index < -0.39 is 5.91 Å². The van der Waals surface area contributed by atoms with Crippen molar-refractivity contribution >= 4 is 23.7 Å². The monoisotopic (exact) mass is 448 g/mol. The molecule has 0 spiro atoms. The SMILES string of the molecule is O=C(NN=Cc1ccc(F)cc1)c1cc(-c2ccccc2OCc2ccccc2Cl)n[nH]1. The predicted octanol–water partition coefficient (Wildman–Crippen LogP) is 5.21. The maximum atomic E-state index is 12.9. The number of para-hydroxylation sites is 1. The Morgan fingerprint density at radius 3 is 2.66 bits per heavy atom. The van der Waals surface area contributed by atoms with Gasteiger partial charge in [-0.3, -0.25) is 9.89 Å². The molecular weight excluding hydrogens is 431 g/mol. The number of carbonyl (C=O) groups is 1. The highest BCUT2D eigenvalue weighted by Gasteiger charge is 2.14. The van der Waals surface area contributed by atoms with Gasteiger partial charge >= 0.3 is 0 Å². The summed E-state index contributed by atoms with van der Waals surface area (Å²) >= 11 is 6.20. The molecule has 6 nitrogen and oxygen atoms in total. The first-order chi connectivity index (χ1) is 15.6. The van der Waals surface area contributed by atoms with Gasteiger partial charge in [0.15, 0.2) is 0 Å². The van der Waals surface area contributed by atoms with Gasteiger partial charge in [-0.25, -0.2) is 9.82 Å². The minimum atomic E-state index is -0.462. The Balaban J connectivity index is 1.44. The molecule has 1 aromatic heterocycles. The highest BCUT2D eigenvalue weighted by molar-refractivity contribution is 6.31. The van der Waals surface area contributed by atoms with E-state index in [9.17, 15) is 9.18 Å². The van der Waals surface area contributed by atoms with Crippen molar-refractivity contribution < 1.29 is 13.9 Å². The van der Waals surface area contributed by atoms with E-state index in [-0.39, 0.29) is 11.5 Å². The first-order valence-corrected chi connectivity index (χ1v) is 10.1. The molecule has 2 N–H and O–H groups in total. The van der Waals surface area contributed by atoms with Gasteiger partial charge in [0.05, 0.1) is 11.9 Å². The molecule has 0 radical (unpaired) electrons. The Bertz CT molecular complexity index is 1250. The summed E-state index contributed by atoms with van der Waals surface area (Å²) in [5.41, 5.74) is 5.44. The van der Waals surface area contributed by atoms with Crippen LogP contribution < -0.4 is 10.2 Å². The Labute approximate surface area is 188 Å². The number of aromatic nitrogens is 2. The number of ether oxygens (including phenoxy) is 1. The molecule has 0 aliphatic rings. The number of aromatic amines is 1. The fourth-order valence-electron chi connectivity index (χ4n) is 2.93. The third-order valence-electron chi connectivity index (χ3n) is 4.58. The standard InChI is InChI=1S/C24H18ClFN4O2/c25-20-7-3-1-5-17(20)15-32-23-8-4-2-6-19(23)21-13-22(29-28-21)24(31)30-27-14-16-9-11-18(26)12-10-16/h1-14H,15H2,(H,28,29)(H,30,31). The molecule has 0 atom stereocenters. The molecule has 0 unspecified atom stereocenters. The minimum Gasteiger partial charge on any atom is -0.488 e. The van der Waals surface area contributed by atoms with E-state index in [4.69, 9.17) is 16.3 Å². The van der Waals surface area contributed by atoms with Crippen LogP contribution in [0.2, 0.25) is 5.02 Å². The van der Waals surface area contributed by atoms with Crippen molar-refractivity contribution in [3.63, 3.8) is 0 Å². The summed E-state index contributed by atoms with van der Waals surface area (Å²) in [6, 6.07) is 22.2. The van der Waals surface area contributed by atoms with Crippen LogP contribution in [0.15, 0.2) is 84.0 Å². The average molecular weight is 449 g/mol. The molecule has 1 amide bonds. The second kappa shape index (κ2) is 9.89. The van der Waals surface area contributed by atoms with Crippen LogP contribution in [0.1, 0.15) is 21.6 Å². The Kier molecular flexibility index (Phi) is 6.57. The molecule has 160 valence electrons. The predicted molar refractivity (Wildman–Crippen MR) is 121 cm³/mol. The zero-order valence-corrected chi connectivity index (χ0v) is 17.5. The molecule has 3 aromatic carbocycles. The van der Waals surface area contributed by atoms with Gasteiger partial charge in [-0.1, -0.05) is 54.1 Å². The van der Waals surface area contributed by atoms with Gasteiger partial charge in [-0.05, 0) is 42.0 Å². The lowest BCUT2D eigenvalue weighted by atomic mass is 10.1. The lowest BCUT2D eigenvalue weighted by molar-refractivity contribution is 0.0950. The Morgan fingerprint density at radius 1 is 1.09 bits per heavy atom. The summed E-state index contributed by atoms with van der Waals surface area (Å²) in [6.07, 6.45) is 1.42. The highest BCUT2D eigenvalue weighted by Crippen LogP contribution is 2.30. The number of H-pyrrole nitrogens is 1. The number of carbonyl (C=O) groups excluding carboxylic acids is 1. The topological polar surface area (TPSA) is 79.4 Å². The maximum absolute atomic E-state index is 12.9. The van der Waals surface area contributed by atoms with Crippen molar-refractivity contribution in [2.75, 3.05) is 0 Å². The molecule has 4 aromatic rings.